The summed E-state index contributed by atoms with van der Waals surface area (Å²) in [7, 11) is 0. The van der Waals surface area contributed by atoms with Crippen LogP contribution >= 0.6 is 0 Å². The molecule has 0 radical (unpaired) electrons. The van der Waals surface area contributed by atoms with Gasteiger partial charge in [0, 0.05) is 11.8 Å². The number of carbonyl (C=O) groups is 1. The summed E-state index contributed by atoms with van der Waals surface area (Å²) in [6, 6.07) is 7.14. The number of hydrogen-bond donors (Lipinski definition) is 2. The highest BCUT2D eigenvalue weighted by Gasteiger charge is 2.22. The second kappa shape index (κ2) is 5.52. The molecule has 3 rings (SSSR count). The molecule has 108 valence electrons. The summed E-state index contributed by atoms with van der Waals surface area (Å²) in [6.07, 6.45) is 4.34. The number of amides is 1. The minimum atomic E-state index is -1.02. The molecule has 1 aromatic heterocycles. The molecule has 1 atom stereocenters. The number of pyridine rings is 1. The summed E-state index contributed by atoms with van der Waals surface area (Å²) in [6.45, 7) is 0. The molecule has 1 aromatic carbocycles. The second-order valence-electron chi connectivity index (χ2n) is 5.16. The van der Waals surface area contributed by atoms with Crippen LogP contribution < -0.4 is 5.32 Å². The fraction of sp³-hybridized carbons (Fsp3) is 0.250. The largest absolute Gasteiger partial charge is 0.465 e. The van der Waals surface area contributed by atoms with Crippen LogP contribution in [-0.4, -0.2) is 16.2 Å². The Morgan fingerprint density at radius 1 is 1.38 bits per heavy atom. The van der Waals surface area contributed by atoms with Crippen molar-refractivity contribution in [1.29, 1.82) is 0 Å². The molecule has 0 bridgehead atoms. The summed E-state index contributed by atoms with van der Waals surface area (Å²) < 4.78 is 13.8. The zero-order chi connectivity index (χ0) is 14.8. The molecule has 1 aliphatic rings. The van der Waals surface area contributed by atoms with Crippen molar-refractivity contribution >= 4 is 6.09 Å². The molecule has 21 heavy (non-hydrogen) atoms. The van der Waals surface area contributed by atoms with Gasteiger partial charge in [-0.05, 0) is 42.0 Å². The molecule has 4 nitrogen and oxygen atoms in total. The number of fused-ring (bicyclic) bond motifs is 1. The summed E-state index contributed by atoms with van der Waals surface area (Å²) in [4.78, 5) is 14.6. The first kappa shape index (κ1) is 13.5. The van der Waals surface area contributed by atoms with Crippen LogP contribution in [0.4, 0.5) is 9.18 Å². The van der Waals surface area contributed by atoms with Crippen molar-refractivity contribution in [2.75, 3.05) is 0 Å². The SMILES string of the molecule is O=C(O)NC1CCCc2cc(-c3ccncc3F)ccc21. The quantitative estimate of drug-likeness (QED) is 0.887. The molecule has 0 spiro atoms. The van der Waals surface area contributed by atoms with Crippen LogP contribution in [0, 0.1) is 5.82 Å². The number of nitrogens with zero attached hydrogens (tertiary/aromatic N) is 1. The predicted octanol–water partition coefficient (Wildman–Crippen LogP) is 3.53. The van der Waals surface area contributed by atoms with E-state index < -0.39 is 6.09 Å². The Kier molecular flexibility index (Phi) is 3.56. The van der Waals surface area contributed by atoms with Crippen LogP contribution in [0.15, 0.2) is 36.7 Å². The minimum absolute atomic E-state index is 0.178. The highest BCUT2D eigenvalue weighted by molar-refractivity contribution is 5.67. The van der Waals surface area contributed by atoms with Crippen molar-refractivity contribution in [1.82, 2.24) is 10.3 Å². The van der Waals surface area contributed by atoms with Crippen molar-refractivity contribution in [3.05, 3.63) is 53.6 Å². The van der Waals surface area contributed by atoms with Gasteiger partial charge in [0.05, 0.1) is 12.2 Å². The first-order valence-electron chi connectivity index (χ1n) is 6.87. The third-order valence-electron chi connectivity index (χ3n) is 3.84. The maximum Gasteiger partial charge on any atom is 0.405 e. The second-order valence-corrected chi connectivity index (χ2v) is 5.16. The number of benzene rings is 1. The molecule has 1 aliphatic carbocycles. The maximum atomic E-state index is 13.8. The van der Waals surface area contributed by atoms with Gasteiger partial charge in [0.15, 0.2) is 0 Å². The van der Waals surface area contributed by atoms with E-state index in [1.807, 2.05) is 18.2 Å². The third kappa shape index (κ3) is 2.72. The lowest BCUT2D eigenvalue weighted by Crippen LogP contribution is -2.29. The van der Waals surface area contributed by atoms with Crippen molar-refractivity contribution in [2.24, 2.45) is 0 Å². The van der Waals surface area contributed by atoms with Gasteiger partial charge in [0.2, 0.25) is 0 Å². The van der Waals surface area contributed by atoms with E-state index in [9.17, 15) is 9.18 Å². The monoisotopic (exact) mass is 286 g/mol. The fourth-order valence-corrected chi connectivity index (χ4v) is 2.89. The number of aryl methyl sites for hydroxylation is 1. The van der Waals surface area contributed by atoms with Crippen molar-refractivity contribution < 1.29 is 14.3 Å². The lowest BCUT2D eigenvalue weighted by Gasteiger charge is -2.26. The number of hydrogen-bond acceptors (Lipinski definition) is 2. The molecule has 0 aliphatic heterocycles. The fourth-order valence-electron chi connectivity index (χ4n) is 2.89. The van der Waals surface area contributed by atoms with E-state index >= 15 is 0 Å². The molecule has 2 aromatic rings. The van der Waals surface area contributed by atoms with Gasteiger partial charge in [-0.25, -0.2) is 9.18 Å². The van der Waals surface area contributed by atoms with Gasteiger partial charge in [0.1, 0.15) is 5.82 Å². The van der Waals surface area contributed by atoms with Crippen LogP contribution in [0.2, 0.25) is 0 Å². The Hall–Kier alpha value is -2.43. The molecular weight excluding hydrogens is 271 g/mol. The smallest absolute Gasteiger partial charge is 0.405 e. The van der Waals surface area contributed by atoms with E-state index in [1.165, 1.54) is 6.20 Å². The molecule has 1 heterocycles. The zero-order valence-corrected chi connectivity index (χ0v) is 11.3. The van der Waals surface area contributed by atoms with Crippen LogP contribution in [-0.2, 0) is 6.42 Å². The number of nitrogens with one attached hydrogen (secondary N) is 1. The Labute approximate surface area is 121 Å². The predicted molar refractivity (Wildman–Crippen MR) is 76.5 cm³/mol. The topological polar surface area (TPSA) is 62.2 Å². The van der Waals surface area contributed by atoms with Crippen molar-refractivity contribution in [3.63, 3.8) is 0 Å². The van der Waals surface area contributed by atoms with Gasteiger partial charge in [0.25, 0.3) is 0 Å². The first-order valence-corrected chi connectivity index (χ1v) is 6.87. The molecule has 1 unspecified atom stereocenters. The van der Waals surface area contributed by atoms with Gasteiger partial charge in [-0.1, -0.05) is 18.2 Å². The Morgan fingerprint density at radius 3 is 3.00 bits per heavy atom. The van der Waals surface area contributed by atoms with E-state index in [1.54, 1.807) is 12.3 Å². The summed E-state index contributed by atoms with van der Waals surface area (Å²) in [5.41, 5.74) is 3.38. The summed E-state index contributed by atoms with van der Waals surface area (Å²) in [5.74, 6) is -0.353. The van der Waals surface area contributed by atoms with E-state index in [2.05, 4.69) is 10.3 Å². The van der Waals surface area contributed by atoms with Crippen LogP contribution in [0.3, 0.4) is 0 Å². The van der Waals surface area contributed by atoms with E-state index in [0.29, 0.717) is 5.56 Å². The Bertz CT molecular complexity index is 688. The maximum absolute atomic E-state index is 13.8. The highest BCUT2D eigenvalue weighted by Crippen LogP contribution is 2.33. The average Bonchev–Trinajstić information content (AvgIpc) is 2.47. The van der Waals surface area contributed by atoms with Crippen LogP contribution in [0.25, 0.3) is 11.1 Å². The average molecular weight is 286 g/mol. The summed E-state index contributed by atoms with van der Waals surface area (Å²) >= 11 is 0. The first-order chi connectivity index (χ1) is 10.1. The summed E-state index contributed by atoms with van der Waals surface area (Å²) in [5, 5.41) is 11.4. The lowest BCUT2D eigenvalue weighted by molar-refractivity contribution is 0.188. The molecule has 1 amide bonds. The zero-order valence-electron chi connectivity index (χ0n) is 11.3. The van der Waals surface area contributed by atoms with Crippen molar-refractivity contribution in [3.8, 4) is 11.1 Å². The molecule has 5 heteroatoms. The third-order valence-corrected chi connectivity index (χ3v) is 3.84. The molecule has 0 fully saturated rings. The van der Waals surface area contributed by atoms with E-state index in [0.717, 1.165) is 36.0 Å². The van der Waals surface area contributed by atoms with Crippen molar-refractivity contribution in [2.45, 2.75) is 25.3 Å². The van der Waals surface area contributed by atoms with Gasteiger partial charge < -0.3 is 10.4 Å². The van der Waals surface area contributed by atoms with Gasteiger partial charge in [-0.2, -0.15) is 0 Å². The van der Waals surface area contributed by atoms with Gasteiger partial charge in [-0.3, -0.25) is 4.98 Å². The van der Waals surface area contributed by atoms with Gasteiger partial charge >= 0.3 is 6.09 Å². The van der Waals surface area contributed by atoms with E-state index in [-0.39, 0.29) is 11.9 Å². The number of halogens is 1. The normalized spacial score (nSPS) is 17.1. The van der Waals surface area contributed by atoms with Gasteiger partial charge in [-0.15, -0.1) is 0 Å². The van der Waals surface area contributed by atoms with Crippen LogP contribution in [0.1, 0.15) is 30.0 Å². The lowest BCUT2D eigenvalue weighted by atomic mass is 9.86. The number of rotatable bonds is 2. The standard InChI is InChI=1S/C16H15FN2O2/c17-14-9-18-7-6-12(14)11-4-5-13-10(8-11)2-1-3-15(13)19-16(20)21/h4-9,15,19H,1-3H2,(H,20,21). The van der Waals surface area contributed by atoms with Crippen LogP contribution in [0.5, 0.6) is 0 Å². The molecule has 2 N–H and O–H groups in total. The Morgan fingerprint density at radius 2 is 2.24 bits per heavy atom. The molecule has 0 saturated heterocycles. The Balaban J connectivity index is 1.98. The highest BCUT2D eigenvalue weighted by atomic mass is 19.1. The molecular formula is C16H15FN2O2. The molecule has 0 saturated carbocycles. The number of aromatic nitrogens is 1. The number of carboxylic acid groups (broad SMARTS) is 1. The minimum Gasteiger partial charge on any atom is -0.465 e. The van der Waals surface area contributed by atoms with E-state index in [4.69, 9.17) is 5.11 Å².